The molecule has 1 saturated carbocycles. The zero-order chi connectivity index (χ0) is 15.5. The second-order valence-corrected chi connectivity index (χ2v) is 6.88. The molecular formula is C15H29F3N2. The Balaban J connectivity index is 2.65. The standard InChI is InChI=1S/C15H29F3N2/c1-10(2)12-5-6-14(19)13(7-12)8-20(11(3)4)9-15(16,17)18/h10-14H,5-9,19H2,1-4H3. The lowest BCUT2D eigenvalue weighted by molar-refractivity contribution is -0.151. The molecule has 1 aliphatic carbocycles. The molecule has 0 radical (unpaired) electrons. The first-order valence-electron chi connectivity index (χ1n) is 7.66. The quantitative estimate of drug-likeness (QED) is 0.838. The van der Waals surface area contributed by atoms with Crippen LogP contribution in [0.15, 0.2) is 0 Å². The second kappa shape index (κ2) is 7.12. The van der Waals surface area contributed by atoms with Gasteiger partial charge < -0.3 is 5.73 Å². The maximum absolute atomic E-state index is 12.6. The smallest absolute Gasteiger partial charge is 0.327 e. The van der Waals surface area contributed by atoms with Crippen molar-refractivity contribution in [2.24, 2.45) is 23.5 Å². The van der Waals surface area contributed by atoms with Crippen LogP contribution in [0.2, 0.25) is 0 Å². The monoisotopic (exact) mass is 294 g/mol. The van der Waals surface area contributed by atoms with Gasteiger partial charge in [0.05, 0.1) is 6.54 Å². The summed E-state index contributed by atoms with van der Waals surface area (Å²) < 4.78 is 37.9. The molecule has 20 heavy (non-hydrogen) atoms. The summed E-state index contributed by atoms with van der Waals surface area (Å²) in [7, 11) is 0. The molecule has 0 saturated heterocycles. The first kappa shape index (κ1) is 17.8. The third-order valence-electron chi connectivity index (χ3n) is 4.61. The van der Waals surface area contributed by atoms with E-state index in [0.717, 1.165) is 19.3 Å². The van der Waals surface area contributed by atoms with E-state index in [4.69, 9.17) is 5.73 Å². The summed E-state index contributed by atoms with van der Waals surface area (Å²) in [6.45, 7) is 7.64. The third-order valence-corrected chi connectivity index (χ3v) is 4.61. The molecule has 3 unspecified atom stereocenters. The molecule has 1 aliphatic rings. The number of hydrogen-bond donors (Lipinski definition) is 1. The SMILES string of the molecule is CC(C)C1CCC(N)C(CN(CC(F)(F)F)C(C)C)C1. The zero-order valence-corrected chi connectivity index (χ0v) is 13.1. The Kier molecular flexibility index (Phi) is 6.32. The summed E-state index contributed by atoms with van der Waals surface area (Å²) in [4.78, 5) is 1.52. The van der Waals surface area contributed by atoms with Crippen LogP contribution in [-0.2, 0) is 0 Å². The number of nitrogens with two attached hydrogens (primary N) is 1. The topological polar surface area (TPSA) is 29.3 Å². The third kappa shape index (κ3) is 5.60. The van der Waals surface area contributed by atoms with Gasteiger partial charge in [0.25, 0.3) is 0 Å². The Morgan fingerprint density at radius 2 is 1.75 bits per heavy atom. The highest BCUT2D eigenvalue weighted by molar-refractivity contribution is 4.86. The van der Waals surface area contributed by atoms with E-state index in [9.17, 15) is 13.2 Å². The minimum Gasteiger partial charge on any atom is -0.327 e. The number of hydrogen-bond acceptors (Lipinski definition) is 2. The maximum atomic E-state index is 12.6. The number of halogens is 3. The molecular weight excluding hydrogens is 265 g/mol. The van der Waals surface area contributed by atoms with Crippen LogP contribution in [0.1, 0.15) is 47.0 Å². The van der Waals surface area contributed by atoms with Gasteiger partial charge in [0.15, 0.2) is 0 Å². The van der Waals surface area contributed by atoms with Gasteiger partial charge in [-0.15, -0.1) is 0 Å². The van der Waals surface area contributed by atoms with E-state index in [1.807, 2.05) is 13.8 Å². The van der Waals surface area contributed by atoms with Crippen molar-refractivity contribution in [1.82, 2.24) is 4.90 Å². The largest absolute Gasteiger partial charge is 0.401 e. The van der Waals surface area contributed by atoms with Crippen molar-refractivity contribution < 1.29 is 13.2 Å². The zero-order valence-electron chi connectivity index (χ0n) is 13.1. The Morgan fingerprint density at radius 1 is 1.15 bits per heavy atom. The van der Waals surface area contributed by atoms with Crippen LogP contribution in [0.3, 0.4) is 0 Å². The van der Waals surface area contributed by atoms with E-state index in [-0.39, 0.29) is 18.0 Å². The van der Waals surface area contributed by atoms with Crippen molar-refractivity contribution in [1.29, 1.82) is 0 Å². The number of nitrogens with zero attached hydrogens (tertiary/aromatic N) is 1. The molecule has 0 amide bonds. The van der Waals surface area contributed by atoms with E-state index in [1.165, 1.54) is 4.90 Å². The van der Waals surface area contributed by atoms with Gasteiger partial charge in [0.2, 0.25) is 0 Å². The van der Waals surface area contributed by atoms with Gasteiger partial charge in [-0.05, 0) is 50.9 Å². The van der Waals surface area contributed by atoms with Crippen LogP contribution in [0.4, 0.5) is 13.2 Å². The summed E-state index contributed by atoms with van der Waals surface area (Å²) in [5.41, 5.74) is 6.15. The van der Waals surface area contributed by atoms with Crippen molar-refractivity contribution in [3.63, 3.8) is 0 Å². The van der Waals surface area contributed by atoms with E-state index >= 15 is 0 Å². The summed E-state index contributed by atoms with van der Waals surface area (Å²) in [6.07, 6.45) is -1.14. The normalized spacial score (nSPS) is 28.6. The van der Waals surface area contributed by atoms with E-state index in [1.54, 1.807) is 0 Å². The van der Waals surface area contributed by atoms with Gasteiger partial charge in [-0.3, -0.25) is 4.90 Å². The Labute approximate surface area is 120 Å². The summed E-state index contributed by atoms with van der Waals surface area (Å²) in [5.74, 6) is 1.36. The molecule has 0 aromatic carbocycles. The Bertz CT molecular complexity index is 289. The molecule has 0 aliphatic heterocycles. The molecule has 3 atom stereocenters. The van der Waals surface area contributed by atoms with Crippen molar-refractivity contribution in [3.8, 4) is 0 Å². The second-order valence-electron chi connectivity index (χ2n) is 6.88. The Morgan fingerprint density at radius 3 is 2.20 bits per heavy atom. The summed E-state index contributed by atoms with van der Waals surface area (Å²) >= 11 is 0. The van der Waals surface area contributed by atoms with Gasteiger partial charge in [-0.25, -0.2) is 0 Å². The molecule has 0 heterocycles. The first-order chi connectivity index (χ1) is 9.10. The molecule has 0 bridgehead atoms. The van der Waals surface area contributed by atoms with Crippen molar-refractivity contribution >= 4 is 0 Å². The van der Waals surface area contributed by atoms with E-state index in [2.05, 4.69) is 13.8 Å². The van der Waals surface area contributed by atoms with Gasteiger partial charge in [0, 0.05) is 18.6 Å². The number of rotatable bonds is 5. The number of alkyl halides is 3. The van der Waals surface area contributed by atoms with Gasteiger partial charge in [-0.1, -0.05) is 13.8 Å². The molecule has 0 aromatic rings. The van der Waals surface area contributed by atoms with Crippen LogP contribution in [0.25, 0.3) is 0 Å². The summed E-state index contributed by atoms with van der Waals surface area (Å²) in [5, 5.41) is 0. The van der Waals surface area contributed by atoms with Gasteiger partial charge >= 0.3 is 6.18 Å². The summed E-state index contributed by atoms with van der Waals surface area (Å²) in [6, 6.07) is -0.0669. The molecule has 0 spiro atoms. The highest BCUT2D eigenvalue weighted by Crippen LogP contribution is 2.34. The highest BCUT2D eigenvalue weighted by atomic mass is 19.4. The lowest BCUT2D eigenvalue weighted by Crippen LogP contribution is -2.48. The predicted molar refractivity (Wildman–Crippen MR) is 76.4 cm³/mol. The van der Waals surface area contributed by atoms with E-state index < -0.39 is 12.7 Å². The lowest BCUT2D eigenvalue weighted by Gasteiger charge is -2.40. The predicted octanol–water partition coefficient (Wildman–Crippen LogP) is 3.66. The van der Waals surface area contributed by atoms with Crippen LogP contribution in [0, 0.1) is 17.8 Å². The van der Waals surface area contributed by atoms with Crippen LogP contribution in [-0.4, -0.2) is 36.2 Å². The Hall–Kier alpha value is -0.290. The van der Waals surface area contributed by atoms with Gasteiger partial charge in [-0.2, -0.15) is 13.2 Å². The fourth-order valence-electron chi connectivity index (χ4n) is 3.13. The first-order valence-corrected chi connectivity index (χ1v) is 7.66. The maximum Gasteiger partial charge on any atom is 0.401 e. The van der Waals surface area contributed by atoms with Crippen molar-refractivity contribution in [2.75, 3.05) is 13.1 Å². The molecule has 5 heteroatoms. The minimum absolute atomic E-state index is 0.0412. The van der Waals surface area contributed by atoms with Crippen LogP contribution >= 0.6 is 0 Å². The lowest BCUT2D eigenvalue weighted by atomic mass is 9.73. The van der Waals surface area contributed by atoms with Crippen molar-refractivity contribution in [3.05, 3.63) is 0 Å². The fraction of sp³-hybridized carbons (Fsp3) is 1.00. The molecule has 2 nitrogen and oxygen atoms in total. The molecule has 0 aromatic heterocycles. The molecule has 120 valence electrons. The average Bonchev–Trinajstić information content (AvgIpc) is 2.28. The fourth-order valence-corrected chi connectivity index (χ4v) is 3.13. The van der Waals surface area contributed by atoms with Crippen molar-refractivity contribution in [2.45, 2.75) is 65.2 Å². The minimum atomic E-state index is -4.14. The molecule has 1 fully saturated rings. The van der Waals surface area contributed by atoms with Crippen LogP contribution < -0.4 is 5.73 Å². The van der Waals surface area contributed by atoms with Crippen LogP contribution in [0.5, 0.6) is 0 Å². The molecule has 2 N–H and O–H groups in total. The van der Waals surface area contributed by atoms with E-state index in [0.29, 0.717) is 18.4 Å². The highest BCUT2D eigenvalue weighted by Gasteiger charge is 2.36. The average molecular weight is 294 g/mol. The molecule has 1 rings (SSSR count). The van der Waals surface area contributed by atoms with Gasteiger partial charge in [0.1, 0.15) is 0 Å².